The summed E-state index contributed by atoms with van der Waals surface area (Å²) in [6.07, 6.45) is 0. The van der Waals surface area contributed by atoms with Crippen molar-refractivity contribution in [3.05, 3.63) is 59.1 Å². The van der Waals surface area contributed by atoms with Crippen molar-refractivity contribution < 1.29 is 23.2 Å². The van der Waals surface area contributed by atoms with Crippen LogP contribution in [0.1, 0.15) is 0 Å². The molecule has 1 saturated heterocycles. The summed E-state index contributed by atoms with van der Waals surface area (Å²) in [5.74, 6) is -4.24. The predicted molar refractivity (Wildman–Crippen MR) is 98.1 cm³/mol. The SMILES string of the molecule is O=C(CN1N=N[C@H]2C(=O)N(c3ccc(F)c(F)c3)C(=O)[C@H]21)Nc1ccc(Cl)cc1. The first-order valence-corrected chi connectivity index (χ1v) is 8.78. The Balaban J connectivity index is 1.49. The number of fused-ring (bicyclic) bond motifs is 1. The lowest BCUT2D eigenvalue weighted by atomic mass is 10.1. The number of halogens is 3. The zero-order chi connectivity index (χ0) is 20.7. The molecule has 0 spiro atoms. The molecule has 0 bridgehead atoms. The Bertz CT molecular complexity index is 1050. The van der Waals surface area contributed by atoms with Crippen molar-refractivity contribution in [3.63, 3.8) is 0 Å². The summed E-state index contributed by atoms with van der Waals surface area (Å²) < 4.78 is 26.7. The van der Waals surface area contributed by atoms with Gasteiger partial charge in [0.15, 0.2) is 23.7 Å². The van der Waals surface area contributed by atoms with Crippen molar-refractivity contribution in [2.45, 2.75) is 12.1 Å². The molecule has 2 heterocycles. The number of hydrogen-bond donors (Lipinski definition) is 1. The van der Waals surface area contributed by atoms with Crippen molar-refractivity contribution in [3.8, 4) is 0 Å². The second kappa shape index (κ2) is 7.21. The first-order chi connectivity index (χ1) is 13.8. The maximum absolute atomic E-state index is 13.5. The van der Waals surface area contributed by atoms with E-state index in [0.717, 1.165) is 28.1 Å². The predicted octanol–water partition coefficient (Wildman–Crippen LogP) is 2.55. The van der Waals surface area contributed by atoms with Crippen LogP contribution in [0.15, 0.2) is 52.8 Å². The van der Waals surface area contributed by atoms with Gasteiger partial charge in [0.1, 0.15) is 6.54 Å². The van der Waals surface area contributed by atoms with E-state index in [4.69, 9.17) is 11.6 Å². The Hall–Kier alpha value is -3.40. The van der Waals surface area contributed by atoms with Crippen LogP contribution in [0, 0.1) is 11.6 Å². The topological polar surface area (TPSA) is 94.4 Å². The van der Waals surface area contributed by atoms with Crippen molar-refractivity contribution in [2.24, 2.45) is 10.3 Å². The molecule has 29 heavy (non-hydrogen) atoms. The highest BCUT2D eigenvalue weighted by atomic mass is 35.5. The summed E-state index contributed by atoms with van der Waals surface area (Å²) in [5.41, 5.74) is 0.374. The van der Waals surface area contributed by atoms with Gasteiger partial charge in [0.05, 0.1) is 5.69 Å². The first-order valence-electron chi connectivity index (χ1n) is 8.41. The summed E-state index contributed by atoms with van der Waals surface area (Å²) in [7, 11) is 0. The Labute approximate surface area is 167 Å². The molecular weight excluding hydrogens is 408 g/mol. The molecule has 0 unspecified atom stereocenters. The lowest BCUT2D eigenvalue weighted by molar-refractivity contribution is -0.123. The minimum Gasteiger partial charge on any atom is -0.324 e. The van der Waals surface area contributed by atoms with Gasteiger partial charge < -0.3 is 5.32 Å². The van der Waals surface area contributed by atoms with Crippen LogP contribution in [0.3, 0.4) is 0 Å². The van der Waals surface area contributed by atoms with E-state index in [1.807, 2.05) is 0 Å². The van der Waals surface area contributed by atoms with Crippen molar-refractivity contribution >= 4 is 40.7 Å². The molecule has 11 heteroatoms. The molecule has 2 aliphatic rings. The van der Waals surface area contributed by atoms with Gasteiger partial charge in [-0.2, -0.15) is 5.11 Å². The third-order valence-electron chi connectivity index (χ3n) is 4.45. The van der Waals surface area contributed by atoms with E-state index >= 15 is 0 Å². The average Bonchev–Trinajstić information content (AvgIpc) is 3.20. The number of nitrogens with one attached hydrogen (secondary N) is 1. The summed E-state index contributed by atoms with van der Waals surface area (Å²) in [6, 6.07) is 6.80. The minimum absolute atomic E-state index is 0.117. The van der Waals surface area contributed by atoms with Gasteiger partial charge in [-0.25, -0.2) is 13.7 Å². The molecule has 1 N–H and O–H groups in total. The Morgan fingerprint density at radius 1 is 1.07 bits per heavy atom. The zero-order valence-electron chi connectivity index (χ0n) is 14.6. The Morgan fingerprint density at radius 2 is 1.79 bits per heavy atom. The molecular formula is C18H12ClF2N5O3. The van der Waals surface area contributed by atoms with Crippen LogP contribution >= 0.6 is 11.6 Å². The van der Waals surface area contributed by atoms with Gasteiger partial charge in [-0.05, 0) is 36.4 Å². The molecule has 2 atom stereocenters. The fraction of sp³-hybridized carbons (Fsp3) is 0.167. The smallest absolute Gasteiger partial charge is 0.263 e. The molecule has 4 rings (SSSR count). The molecule has 0 aliphatic carbocycles. The number of carbonyl (C=O) groups excluding carboxylic acids is 3. The molecule has 0 saturated carbocycles. The van der Waals surface area contributed by atoms with Crippen LogP contribution in [0.4, 0.5) is 20.2 Å². The summed E-state index contributed by atoms with van der Waals surface area (Å²) in [4.78, 5) is 38.3. The maximum atomic E-state index is 13.5. The standard InChI is InChI=1S/C18H12ClF2N5O3/c19-9-1-3-10(4-2-9)22-14(27)8-25-16-15(23-24-25)17(28)26(18(16)29)11-5-6-12(20)13(21)7-11/h1-7,15-16H,8H2,(H,22,27)/t15-,16+/m1/s1. The van der Waals surface area contributed by atoms with Crippen molar-refractivity contribution in [1.82, 2.24) is 5.01 Å². The van der Waals surface area contributed by atoms with E-state index in [9.17, 15) is 23.2 Å². The van der Waals surface area contributed by atoms with Crippen molar-refractivity contribution in [1.29, 1.82) is 0 Å². The number of carbonyl (C=O) groups is 3. The highest BCUT2D eigenvalue weighted by molar-refractivity contribution is 6.30. The lowest BCUT2D eigenvalue weighted by Gasteiger charge is -2.20. The van der Waals surface area contributed by atoms with Crippen LogP contribution in [-0.4, -0.2) is 41.4 Å². The molecule has 2 aromatic rings. The summed E-state index contributed by atoms with van der Waals surface area (Å²) >= 11 is 5.79. The van der Waals surface area contributed by atoms with E-state index in [0.29, 0.717) is 10.7 Å². The highest BCUT2D eigenvalue weighted by Crippen LogP contribution is 2.32. The second-order valence-corrected chi connectivity index (χ2v) is 6.79. The molecule has 1 fully saturated rings. The van der Waals surface area contributed by atoms with Gasteiger partial charge in [-0.3, -0.25) is 19.4 Å². The van der Waals surface area contributed by atoms with Crippen LogP contribution in [0.25, 0.3) is 0 Å². The van der Waals surface area contributed by atoms with E-state index in [1.54, 1.807) is 24.3 Å². The van der Waals surface area contributed by atoms with Gasteiger partial charge in [-0.1, -0.05) is 16.8 Å². The monoisotopic (exact) mass is 419 g/mol. The molecule has 0 aromatic heterocycles. The largest absolute Gasteiger partial charge is 0.324 e. The number of benzene rings is 2. The maximum Gasteiger partial charge on any atom is 0.263 e. The lowest BCUT2D eigenvalue weighted by Crippen LogP contribution is -2.43. The number of nitrogens with zero attached hydrogens (tertiary/aromatic N) is 4. The summed E-state index contributed by atoms with van der Waals surface area (Å²) in [6.45, 7) is -0.335. The number of anilines is 2. The fourth-order valence-electron chi connectivity index (χ4n) is 3.11. The van der Waals surface area contributed by atoms with Gasteiger partial charge in [-0.15, -0.1) is 0 Å². The number of imide groups is 1. The normalized spacial score (nSPS) is 20.4. The highest BCUT2D eigenvalue weighted by Gasteiger charge is 2.55. The van der Waals surface area contributed by atoms with Gasteiger partial charge >= 0.3 is 0 Å². The average molecular weight is 420 g/mol. The van der Waals surface area contributed by atoms with Gasteiger partial charge in [0.25, 0.3) is 11.8 Å². The quantitative estimate of drug-likeness (QED) is 0.770. The number of rotatable bonds is 4. The van der Waals surface area contributed by atoms with Gasteiger partial charge in [0.2, 0.25) is 5.91 Å². The number of amides is 3. The van der Waals surface area contributed by atoms with Crippen LogP contribution in [0.5, 0.6) is 0 Å². The van der Waals surface area contributed by atoms with Crippen molar-refractivity contribution in [2.75, 3.05) is 16.8 Å². The van der Waals surface area contributed by atoms with E-state index in [-0.39, 0.29) is 12.2 Å². The van der Waals surface area contributed by atoms with E-state index in [2.05, 4.69) is 15.7 Å². The molecule has 8 nitrogen and oxygen atoms in total. The zero-order valence-corrected chi connectivity index (χ0v) is 15.3. The van der Waals surface area contributed by atoms with E-state index < -0.39 is 41.4 Å². The third-order valence-corrected chi connectivity index (χ3v) is 4.70. The van der Waals surface area contributed by atoms with E-state index in [1.165, 1.54) is 0 Å². The first kappa shape index (κ1) is 18.9. The summed E-state index contributed by atoms with van der Waals surface area (Å²) in [5, 5.41) is 11.7. The molecule has 0 radical (unpaired) electrons. The number of hydrogen-bond acceptors (Lipinski definition) is 6. The Kier molecular flexibility index (Phi) is 4.71. The van der Waals surface area contributed by atoms with Crippen LogP contribution in [0.2, 0.25) is 5.02 Å². The molecule has 148 valence electrons. The Morgan fingerprint density at radius 3 is 2.48 bits per heavy atom. The third kappa shape index (κ3) is 3.42. The van der Waals surface area contributed by atoms with Crippen LogP contribution in [-0.2, 0) is 14.4 Å². The fourth-order valence-corrected chi connectivity index (χ4v) is 3.24. The molecule has 2 aliphatic heterocycles. The second-order valence-electron chi connectivity index (χ2n) is 6.36. The molecule has 2 aromatic carbocycles. The molecule has 3 amide bonds. The van der Waals surface area contributed by atoms with Gasteiger partial charge in [0, 0.05) is 16.8 Å². The minimum atomic E-state index is -1.19. The van der Waals surface area contributed by atoms with Crippen LogP contribution < -0.4 is 10.2 Å².